The van der Waals surface area contributed by atoms with E-state index < -0.39 is 6.04 Å². The van der Waals surface area contributed by atoms with E-state index in [1.165, 1.54) is 48.5 Å². The first-order valence-corrected chi connectivity index (χ1v) is 17.0. The zero-order valence-corrected chi connectivity index (χ0v) is 26.9. The van der Waals surface area contributed by atoms with Gasteiger partial charge in [-0.05, 0) is 115 Å². The average Bonchev–Trinajstić information content (AvgIpc) is 3.23. The van der Waals surface area contributed by atoms with Gasteiger partial charge in [0.1, 0.15) is 0 Å². The number of rotatable bonds is 4. The second-order valence-corrected chi connectivity index (χ2v) is 13.2. The van der Waals surface area contributed by atoms with Crippen molar-refractivity contribution < 1.29 is 6.85 Å². The molecule has 0 saturated carbocycles. The minimum Gasteiger partial charge on any atom is -0.0622 e. The fourth-order valence-corrected chi connectivity index (χ4v) is 8.45. The molecular formula is C50H30. The summed E-state index contributed by atoms with van der Waals surface area (Å²) in [5.41, 5.74) is 6.49. The Morgan fingerprint density at radius 2 is 0.720 bits per heavy atom. The lowest BCUT2D eigenvalue weighted by Crippen LogP contribution is -1.93. The van der Waals surface area contributed by atoms with Crippen LogP contribution in [-0.2, 0) is 0 Å². The molecule has 0 fully saturated rings. The molecule has 0 nitrogen and oxygen atoms in total. The van der Waals surface area contributed by atoms with E-state index in [2.05, 4.69) is 133 Å². The normalized spacial score (nSPS) is 13.4. The lowest BCUT2D eigenvalue weighted by Gasteiger charge is -2.19. The van der Waals surface area contributed by atoms with Crippen LogP contribution in [0.15, 0.2) is 182 Å². The van der Waals surface area contributed by atoms with Gasteiger partial charge < -0.3 is 0 Å². The van der Waals surface area contributed by atoms with Gasteiger partial charge in [-0.15, -0.1) is 0 Å². The largest absolute Gasteiger partial charge is 0.0629 e. The molecule has 11 aromatic carbocycles. The monoisotopic (exact) mass is 635 g/mol. The zero-order valence-electron chi connectivity index (χ0n) is 31.9. The van der Waals surface area contributed by atoms with Crippen molar-refractivity contribution in [1.29, 1.82) is 0 Å². The number of hydrogen-bond acceptors (Lipinski definition) is 0. The minimum absolute atomic E-state index is 0.186. The molecule has 0 bridgehead atoms. The van der Waals surface area contributed by atoms with Crippen LogP contribution < -0.4 is 0 Å². The van der Waals surface area contributed by atoms with E-state index in [-0.39, 0.29) is 29.7 Å². The van der Waals surface area contributed by atoms with Gasteiger partial charge >= 0.3 is 0 Å². The Morgan fingerprint density at radius 1 is 0.280 bits per heavy atom. The van der Waals surface area contributed by atoms with Gasteiger partial charge in [-0.25, -0.2) is 0 Å². The Labute approximate surface area is 297 Å². The smallest absolute Gasteiger partial charge is 0.0622 e. The third-order valence-corrected chi connectivity index (χ3v) is 10.7. The maximum atomic E-state index is 9.15. The fraction of sp³-hybridized carbons (Fsp3) is 0. The summed E-state index contributed by atoms with van der Waals surface area (Å²) >= 11 is 0. The molecule has 50 heavy (non-hydrogen) atoms. The first kappa shape index (κ1) is 23.0. The highest BCUT2D eigenvalue weighted by atomic mass is 14.2. The van der Waals surface area contributed by atoms with Gasteiger partial charge in [-0.2, -0.15) is 0 Å². The molecule has 0 unspecified atom stereocenters. The second kappa shape index (κ2) is 10.5. The Balaban J connectivity index is 1.20. The Kier molecular flexibility index (Phi) is 4.82. The molecule has 0 atom stereocenters. The van der Waals surface area contributed by atoms with Gasteiger partial charge in [0.15, 0.2) is 0 Å². The molecule has 11 aromatic rings. The molecule has 0 heteroatoms. The van der Waals surface area contributed by atoms with Gasteiger partial charge in [0.25, 0.3) is 0 Å². The first-order chi connectivity index (χ1) is 26.9. The summed E-state index contributed by atoms with van der Waals surface area (Å²) in [6.45, 7) is 0. The van der Waals surface area contributed by atoms with Crippen LogP contribution >= 0.6 is 0 Å². The summed E-state index contributed by atoms with van der Waals surface area (Å²) in [5, 5.41) is 14.2. The van der Waals surface area contributed by atoms with Gasteiger partial charge in [-0.3, -0.25) is 0 Å². The lowest BCUT2D eigenvalue weighted by atomic mass is 9.84. The van der Waals surface area contributed by atoms with E-state index in [0.29, 0.717) is 5.56 Å². The fourth-order valence-electron chi connectivity index (χ4n) is 8.45. The number of hydrogen-bond donors (Lipinski definition) is 0. The van der Waals surface area contributed by atoms with Gasteiger partial charge in [0.2, 0.25) is 0 Å². The van der Waals surface area contributed by atoms with Crippen molar-refractivity contribution in [3.63, 3.8) is 0 Å². The van der Waals surface area contributed by atoms with Crippen molar-refractivity contribution in [3.05, 3.63) is 182 Å². The van der Waals surface area contributed by atoms with Crippen LogP contribution in [0.4, 0.5) is 0 Å². The maximum Gasteiger partial charge on any atom is 0.0629 e. The van der Waals surface area contributed by atoms with E-state index in [0.717, 1.165) is 49.5 Å². The van der Waals surface area contributed by atoms with Crippen molar-refractivity contribution in [2.75, 3.05) is 0 Å². The van der Waals surface area contributed by atoms with Crippen LogP contribution in [0.25, 0.3) is 109 Å². The van der Waals surface area contributed by atoms with E-state index in [4.69, 9.17) is 6.85 Å². The average molecular weight is 636 g/mol. The SMILES string of the molecule is [2H]c1c([2H])c([2H])c(-c2cc(-c3ccc4ccc5cccc6ccc3c4c56)ccc2-c2ccccc2-c2ccc3ccc4cccc5ccc2c3c45)c([2H])c1[2H]. The molecule has 0 aliphatic rings. The summed E-state index contributed by atoms with van der Waals surface area (Å²) in [7, 11) is 0. The van der Waals surface area contributed by atoms with Crippen LogP contribution in [0.3, 0.4) is 0 Å². The molecule has 0 heterocycles. The van der Waals surface area contributed by atoms with Crippen LogP contribution in [0.1, 0.15) is 6.85 Å². The molecule has 0 N–H and O–H groups in total. The van der Waals surface area contributed by atoms with E-state index in [9.17, 15) is 0 Å². The van der Waals surface area contributed by atoms with E-state index >= 15 is 0 Å². The summed E-state index contributed by atoms with van der Waals surface area (Å²) in [6, 6.07) is 51.9. The molecule has 0 aromatic heterocycles. The highest BCUT2D eigenvalue weighted by Gasteiger charge is 2.19. The Bertz CT molecular complexity index is 3320. The highest BCUT2D eigenvalue weighted by molar-refractivity contribution is 6.27. The van der Waals surface area contributed by atoms with Crippen LogP contribution in [-0.4, -0.2) is 0 Å². The van der Waals surface area contributed by atoms with Crippen molar-refractivity contribution in [2.45, 2.75) is 0 Å². The maximum absolute atomic E-state index is 9.15. The molecule has 11 rings (SSSR count). The summed E-state index contributed by atoms with van der Waals surface area (Å²) < 4.78 is 44.0. The van der Waals surface area contributed by atoms with Gasteiger partial charge in [-0.1, -0.05) is 176 Å². The van der Waals surface area contributed by atoms with Crippen molar-refractivity contribution in [3.8, 4) is 44.5 Å². The third kappa shape index (κ3) is 3.94. The quantitative estimate of drug-likeness (QED) is 0.169. The molecule has 0 aliphatic carbocycles. The molecular weight excluding hydrogens is 601 g/mol. The van der Waals surface area contributed by atoms with Crippen LogP contribution in [0, 0.1) is 0 Å². The van der Waals surface area contributed by atoms with Crippen LogP contribution in [0.5, 0.6) is 0 Å². The predicted molar refractivity (Wildman–Crippen MR) is 216 cm³/mol. The third-order valence-electron chi connectivity index (χ3n) is 10.7. The predicted octanol–water partition coefficient (Wildman–Crippen LogP) is 14.1. The molecule has 0 amide bonds. The van der Waals surface area contributed by atoms with Gasteiger partial charge in [0, 0.05) is 0 Å². The first-order valence-electron chi connectivity index (χ1n) is 19.5. The van der Waals surface area contributed by atoms with Crippen molar-refractivity contribution in [2.24, 2.45) is 0 Å². The molecule has 0 spiro atoms. The standard InChI is InChI=1S/C50H30/c1-2-8-31(9-3-1)46-30-38(39-25-20-36-18-16-32-10-6-12-34-22-28-44(39)49(36)47(32)34)24-27-43(46)41-15-5-4-14-40(41)42-26-21-37-19-17-33-11-7-13-35-23-29-45(42)50(37)48(33)35/h1-30H/i1D,2D,3D,8D,9D. The van der Waals surface area contributed by atoms with E-state index in [1.54, 1.807) is 0 Å². The highest BCUT2D eigenvalue weighted by Crippen LogP contribution is 2.46. The Hall–Kier alpha value is -6.50. The van der Waals surface area contributed by atoms with E-state index in [1.807, 2.05) is 18.2 Å². The zero-order chi connectivity index (χ0) is 37.1. The topological polar surface area (TPSA) is 0 Å². The summed E-state index contributed by atoms with van der Waals surface area (Å²) in [5.74, 6) is 0. The summed E-state index contributed by atoms with van der Waals surface area (Å²) in [6.07, 6.45) is 0. The summed E-state index contributed by atoms with van der Waals surface area (Å²) in [4.78, 5) is 0. The Morgan fingerprint density at radius 3 is 1.32 bits per heavy atom. The molecule has 0 aliphatic heterocycles. The molecule has 0 radical (unpaired) electrons. The number of benzene rings is 11. The second-order valence-electron chi connectivity index (χ2n) is 13.2. The van der Waals surface area contributed by atoms with Crippen LogP contribution in [0.2, 0.25) is 0 Å². The van der Waals surface area contributed by atoms with Gasteiger partial charge in [0.05, 0.1) is 6.85 Å². The molecule has 0 saturated heterocycles. The van der Waals surface area contributed by atoms with Crippen molar-refractivity contribution in [1.82, 2.24) is 0 Å². The lowest BCUT2D eigenvalue weighted by molar-refractivity contribution is 1.57. The minimum atomic E-state index is -0.405. The molecule has 230 valence electrons. The van der Waals surface area contributed by atoms with Crippen molar-refractivity contribution >= 4 is 64.6 Å².